The Morgan fingerprint density at radius 1 is 1.57 bits per heavy atom. The van der Waals surface area contributed by atoms with Crippen molar-refractivity contribution in [1.29, 1.82) is 5.41 Å². The third-order valence-corrected chi connectivity index (χ3v) is 1.57. The number of nitrogens with two attached hydrogens (primary N) is 2. The summed E-state index contributed by atoms with van der Waals surface area (Å²) in [6.45, 7) is 0.365. The van der Waals surface area contributed by atoms with Gasteiger partial charge < -0.3 is 5.41 Å². The van der Waals surface area contributed by atoms with Crippen LogP contribution in [0.1, 0.15) is 5.56 Å². The van der Waals surface area contributed by atoms with Crippen LogP contribution in [0.4, 0.5) is 5.82 Å². The summed E-state index contributed by atoms with van der Waals surface area (Å²) in [6.07, 6.45) is 6.30. The zero-order valence-corrected chi connectivity index (χ0v) is 7.68. The van der Waals surface area contributed by atoms with Crippen molar-refractivity contribution in [3.8, 4) is 0 Å². The monoisotopic (exact) mass is 193 g/mol. The molecule has 5 N–H and O–H groups in total. The zero-order chi connectivity index (χ0) is 10.2. The molecule has 0 fully saturated rings. The van der Waals surface area contributed by atoms with E-state index in [2.05, 4.69) is 9.82 Å². The minimum Gasteiger partial charge on any atom is -0.309 e. The Bertz CT molecular complexity index is 307. The van der Waals surface area contributed by atoms with E-state index in [1.165, 1.54) is 6.21 Å². The lowest BCUT2D eigenvalue weighted by Crippen LogP contribution is -2.71. The second kappa shape index (κ2) is 5.98. The van der Waals surface area contributed by atoms with E-state index in [1.54, 1.807) is 18.5 Å². The highest BCUT2D eigenvalue weighted by atomic mass is 16.6. The molecule has 0 aliphatic carbocycles. The number of hydrogen-bond acceptors (Lipinski definition) is 4. The lowest BCUT2D eigenvalue weighted by atomic mass is 10.3. The zero-order valence-electron chi connectivity index (χ0n) is 7.68. The lowest BCUT2D eigenvalue weighted by molar-refractivity contribution is -0.500. The second-order valence-electron chi connectivity index (χ2n) is 2.62. The van der Waals surface area contributed by atoms with E-state index < -0.39 is 0 Å². The average Bonchev–Trinajstić information content (AvgIpc) is 2.21. The lowest BCUT2D eigenvalue weighted by Gasteiger charge is -1.97. The molecule has 5 nitrogen and oxygen atoms in total. The van der Waals surface area contributed by atoms with Gasteiger partial charge in [0.25, 0.3) is 0 Å². The van der Waals surface area contributed by atoms with Crippen molar-refractivity contribution in [3.63, 3.8) is 0 Å². The molecule has 14 heavy (non-hydrogen) atoms. The normalized spacial score (nSPS) is 10.6. The smallest absolute Gasteiger partial charge is 0.228 e. The Labute approximate surface area is 82.1 Å². The van der Waals surface area contributed by atoms with Gasteiger partial charge in [0, 0.05) is 24.6 Å². The average molecular weight is 193 g/mol. The van der Waals surface area contributed by atoms with Gasteiger partial charge in [-0.25, -0.2) is 10.9 Å². The molecule has 0 aliphatic heterocycles. The SMILES string of the molecule is N=C/C=C\[NH2+]c1ccc(CON)cn1. The van der Waals surface area contributed by atoms with Gasteiger partial charge in [0.1, 0.15) is 6.20 Å². The van der Waals surface area contributed by atoms with Gasteiger partial charge in [0.15, 0.2) is 0 Å². The maximum Gasteiger partial charge on any atom is 0.228 e. The van der Waals surface area contributed by atoms with E-state index in [-0.39, 0.29) is 0 Å². The molecule has 0 saturated carbocycles. The quantitative estimate of drug-likeness (QED) is 0.448. The number of nitrogens with one attached hydrogen (secondary N) is 1. The molecule has 5 heteroatoms. The summed E-state index contributed by atoms with van der Waals surface area (Å²) in [4.78, 5) is 8.62. The molecule has 0 bridgehead atoms. The summed E-state index contributed by atoms with van der Waals surface area (Å²) >= 11 is 0. The minimum absolute atomic E-state index is 0.365. The number of nitrogens with zero attached hydrogens (tertiary/aromatic N) is 1. The largest absolute Gasteiger partial charge is 0.309 e. The van der Waals surface area contributed by atoms with E-state index in [9.17, 15) is 0 Å². The number of pyridine rings is 1. The van der Waals surface area contributed by atoms with Gasteiger partial charge in [-0.15, -0.1) is 0 Å². The summed E-state index contributed by atoms with van der Waals surface area (Å²) in [6, 6.07) is 3.76. The van der Waals surface area contributed by atoms with E-state index >= 15 is 0 Å². The van der Waals surface area contributed by atoms with Crippen LogP contribution in [-0.4, -0.2) is 11.2 Å². The number of hydrogen-bond donors (Lipinski definition) is 3. The van der Waals surface area contributed by atoms with Crippen LogP contribution in [0.15, 0.2) is 30.6 Å². The molecule has 0 radical (unpaired) electrons. The van der Waals surface area contributed by atoms with Gasteiger partial charge in [-0.05, 0) is 11.6 Å². The maximum absolute atomic E-state index is 6.77. The van der Waals surface area contributed by atoms with Gasteiger partial charge in [0.2, 0.25) is 5.82 Å². The molecule has 0 spiro atoms. The van der Waals surface area contributed by atoms with Crippen LogP contribution in [-0.2, 0) is 11.4 Å². The molecule has 0 atom stereocenters. The molecule has 74 valence electrons. The van der Waals surface area contributed by atoms with Crippen LogP contribution in [0.3, 0.4) is 0 Å². The molecular formula is C9H13N4O+. The highest BCUT2D eigenvalue weighted by molar-refractivity contribution is 5.66. The van der Waals surface area contributed by atoms with Crippen LogP contribution in [0.2, 0.25) is 0 Å². The summed E-state index contributed by atoms with van der Waals surface area (Å²) in [5.74, 6) is 5.76. The molecule has 0 aromatic carbocycles. The minimum atomic E-state index is 0.365. The Morgan fingerprint density at radius 2 is 2.43 bits per heavy atom. The maximum atomic E-state index is 6.77. The number of allylic oxidation sites excluding steroid dienone is 1. The van der Waals surface area contributed by atoms with Crippen LogP contribution in [0.25, 0.3) is 0 Å². The summed E-state index contributed by atoms with van der Waals surface area (Å²) in [5.41, 5.74) is 0.931. The van der Waals surface area contributed by atoms with Gasteiger partial charge in [-0.1, -0.05) is 0 Å². The Morgan fingerprint density at radius 3 is 3.00 bits per heavy atom. The first kappa shape index (κ1) is 10.5. The topological polar surface area (TPSA) is 88.6 Å². The highest BCUT2D eigenvalue weighted by Crippen LogP contribution is 2.00. The molecule has 0 amide bonds. The van der Waals surface area contributed by atoms with Crippen LogP contribution in [0.5, 0.6) is 0 Å². The van der Waals surface area contributed by atoms with Crippen molar-refractivity contribution in [1.82, 2.24) is 4.98 Å². The number of rotatable bonds is 5. The van der Waals surface area contributed by atoms with Crippen LogP contribution in [0, 0.1) is 5.41 Å². The third-order valence-electron chi connectivity index (χ3n) is 1.57. The predicted octanol–water partition coefficient (Wildman–Crippen LogP) is -0.170. The number of aromatic nitrogens is 1. The van der Waals surface area contributed by atoms with E-state index in [0.717, 1.165) is 11.4 Å². The second-order valence-corrected chi connectivity index (χ2v) is 2.62. The van der Waals surface area contributed by atoms with E-state index in [4.69, 9.17) is 11.3 Å². The summed E-state index contributed by atoms with van der Waals surface area (Å²) in [5, 5.41) is 8.59. The summed E-state index contributed by atoms with van der Waals surface area (Å²) in [7, 11) is 0. The highest BCUT2D eigenvalue weighted by Gasteiger charge is 1.96. The first-order valence-corrected chi connectivity index (χ1v) is 4.14. The molecule has 0 aliphatic rings. The number of quaternary nitrogens is 1. The van der Waals surface area contributed by atoms with Gasteiger partial charge in [-0.3, -0.25) is 10.2 Å². The molecule has 1 aromatic heterocycles. The summed E-state index contributed by atoms with van der Waals surface area (Å²) < 4.78 is 0. The Kier molecular flexibility index (Phi) is 4.49. The first-order chi connectivity index (χ1) is 6.86. The van der Waals surface area contributed by atoms with Crippen molar-refractivity contribution in [3.05, 3.63) is 36.2 Å². The van der Waals surface area contributed by atoms with E-state index in [0.29, 0.717) is 6.61 Å². The van der Waals surface area contributed by atoms with Crippen LogP contribution >= 0.6 is 0 Å². The molecule has 0 saturated heterocycles. The molecular weight excluding hydrogens is 180 g/mol. The van der Waals surface area contributed by atoms with Crippen molar-refractivity contribution in [2.75, 3.05) is 0 Å². The third kappa shape index (κ3) is 3.44. The molecule has 1 aromatic rings. The standard InChI is InChI=1S/C9H12N4O/c10-4-1-5-12-9-3-2-8(6-13-9)7-14-11/h1-6,10H,7,11H2,(H,12,13)/p+1/b5-1-,10-4?. The van der Waals surface area contributed by atoms with Crippen molar-refractivity contribution in [2.45, 2.75) is 6.61 Å². The Balaban J connectivity index is 2.54. The van der Waals surface area contributed by atoms with Gasteiger partial charge >= 0.3 is 0 Å². The van der Waals surface area contributed by atoms with Gasteiger partial charge in [0.05, 0.1) is 6.61 Å². The van der Waals surface area contributed by atoms with Crippen molar-refractivity contribution in [2.24, 2.45) is 5.90 Å². The van der Waals surface area contributed by atoms with E-state index in [1.807, 2.05) is 17.4 Å². The fraction of sp³-hybridized carbons (Fsp3) is 0.111. The Hall–Kier alpha value is -1.56. The molecule has 0 unspecified atom stereocenters. The predicted molar refractivity (Wildman–Crippen MR) is 52.7 cm³/mol. The fourth-order valence-electron chi connectivity index (χ4n) is 0.926. The van der Waals surface area contributed by atoms with Crippen molar-refractivity contribution >= 4 is 12.0 Å². The molecule has 1 rings (SSSR count). The van der Waals surface area contributed by atoms with Crippen molar-refractivity contribution < 1.29 is 10.2 Å². The van der Waals surface area contributed by atoms with Gasteiger partial charge in [-0.2, -0.15) is 0 Å². The first-order valence-electron chi connectivity index (χ1n) is 4.14. The fourth-order valence-corrected chi connectivity index (χ4v) is 0.926. The van der Waals surface area contributed by atoms with Crippen LogP contribution < -0.4 is 11.2 Å². The molecule has 1 heterocycles.